The number of amides is 1. The Morgan fingerprint density at radius 2 is 1.70 bits per heavy atom. The van der Waals surface area contributed by atoms with Gasteiger partial charge in [0.1, 0.15) is 18.1 Å². The predicted molar refractivity (Wildman–Crippen MR) is 131 cm³/mol. The lowest BCUT2D eigenvalue weighted by atomic mass is 10.1. The molecule has 0 saturated carbocycles. The van der Waals surface area contributed by atoms with Crippen LogP contribution in [0.1, 0.15) is 15.9 Å². The molecule has 0 atom stereocenters. The van der Waals surface area contributed by atoms with Crippen LogP contribution in [0.15, 0.2) is 53.5 Å². The van der Waals surface area contributed by atoms with Crippen molar-refractivity contribution in [1.29, 1.82) is 0 Å². The molecule has 0 saturated heterocycles. The summed E-state index contributed by atoms with van der Waals surface area (Å²) in [4.78, 5) is 17.9. The molecule has 0 radical (unpaired) electrons. The number of aliphatic imine (C=N–C) groups is 1. The summed E-state index contributed by atoms with van der Waals surface area (Å²) in [5.74, 6) is 2.32. The summed E-state index contributed by atoms with van der Waals surface area (Å²) >= 11 is 0. The number of hydrogen-bond acceptors (Lipinski definition) is 4. The van der Waals surface area contributed by atoms with Crippen molar-refractivity contribution < 1.29 is 14.3 Å². The SMILES string of the molecule is CN=C(NCCOc1ccc(OC)cc1)NCCc1cccc(C(=O)N(C)C)c1.I. The topological polar surface area (TPSA) is 75.2 Å². The molecule has 0 fully saturated rings. The monoisotopic (exact) mass is 526 g/mol. The van der Waals surface area contributed by atoms with Gasteiger partial charge in [-0.25, -0.2) is 0 Å². The van der Waals surface area contributed by atoms with Gasteiger partial charge in [0.25, 0.3) is 5.91 Å². The second-order valence-corrected chi connectivity index (χ2v) is 6.60. The molecule has 0 bridgehead atoms. The fourth-order valence-corrected chi connectivity index (χ4v) is 2.67. The molecule has 164 valence electrons. The maximum absolute atomic E-state index is 12.1. The standard InChI is InChI=1S/C22H30N4O3.HI/c1-23-22(25-14-15-29-20-10-8-19(28-4)9-11-20)24-13-12-17-6-5-7-18(16-17)21(27)26(2)3;/h5-11,16H,12-15H2,1-4H3,(H2,23,24,25);1H. The fourth-order valence-electron chi connectivity index (χ4n) is 2.67. The molecule has 0 aliphatic heterocycles. The smallest absolute Gasteiger partial charge is 0.253 e. The van der Waals surface area contributed by atoms with Gasteiger partial charge in [0.05, 0.1) is 13.7 Å². The predicted octanol–water partition coefficient (Wildman–Crippen LogP) is 2.80. The summed E-state index contributed by atoms with van der Waals surface area (Å²) in [6.07, 6.45) is 0.789. The minimum atomic E-state index is 0. The van der Waals surface area contributed by atoms with Gasteiger partial charge in [0, 0.05) is 33.3 Å². The zero-order valence-electron chi connectivity index (χ0n) is 18.0. The molecule has 2 aromatic rings. The molecule has 0 aromatic heterocycles. The first-order chi connectivity index (χ1) is 14.0. The van der Waals surface area contributed by atoms with E-state index in [0.717, 1.165) is 23.5 Å². The number of guanidine groups is 1. The average molecular weight is 526 g/mol. The van der Waals surface area contributed by atoms with Gasteiger partial charge in [-0.3, -0.25) is 9.79 Å². The molecule has 0 heterocycles. The van der Waals surface area contributed by atoms with E-state index in [4.69, 9.17) is 9.47 Å². The van der Waals surface area contributed by atoms with Crippen molar-refractivity contribution in [3.8, 4) is 11.5 Å². The molecule has 7 nitrogen and oxygen atoms in total. The third-order valence-electron chi connectivity index (χ3n) is 4.23. The normalized spacial score (nSPS) is 10.6. The Morgan fingerprint density at radius 1 is 1.03 bits per heavy atom. The molecule has 1 amide bonds. The van der Waals surface area contributed by atoms with Crippen LogP contribution in [-0.4, -0.2) is 64.7 Å². The Labute approximate surface area is 195 Å². The van der Waals surface area contributed by atoms with Crippen molar-refractivity contribution in [3.63, 3.8) is 0 Å². The number of halogens is 1. The van der Waals surface area contributed by atoms with Gasteiger partial charge in [0.2, 0.25) is 0 Å². The largest absolute Gasteiger partial charge is 0.497 e. The van der Waals surface area contributed by atoms with E-state index < -0.39 is 0 Å². The third-order valence-corrected chi connectivity index (χ3v) is 4.23. The van der Waals surface area contributed by atoms with Gasteiger partial charge in [0.15, 0.2) is 5.96 Å². The zero-order valence-corrected chi connectivity index (χ0v) is 20.3. The zero-order chi connectivity index (χ0) is 21.1. The number of hydrogen-bond donors (Lipinski definition) is 2. The minimum Gasteiger partial charge on any atom is -0.497 e. The van der Waals surface area contributed by atoms with Crippen LogP contribution in [0.5, 0.6) is 11.5 Å². The first kappa shape index (κ1) is 25.5. The summed E-state index contributed by atoms with van der Waals surface area (Å²) < 4.78 is 10.8. The molecule has 2 aromatic carbocycles. The number of carbonyl (C=O) groups excluding carboxylic acids is 1. The van der Waals surface area contributed by atoms with Crippen molar-refractivity contribution in [2.24, 2.45) is 4.99 Å². The molecule has 8 heteroatoms. The first-order valence-corrected chi connectivity index (χ1v) is 9.55. The third kappa shape index (κ3) is 8.48. The summed E-state index contributed by atoms with van der Waals surface area (Å²) in [6, 6.07) is 15.2. The highest BCUT2D eigenvalue weighted by molar-refractivity contribution is 14.0. The highest BCUT2D eigenvalue weighted by Crippen LogP contribution is 2.16. The Hall–Kier alpha value is -2.49. The Bertz CT molecular complexity index is 810. The van der Waals surface area contributed by atoms with Gasteiger partial charge in [-0.1, -0.05) is 12.1 Å². The Morgan fingerprint density at radius 3 is 2.33 bits per heavy atom. The lowest BCUT2D eigenvalue weighted by Gasteiger charge is -2.13. The van der Waals surface area contributed by atoms with Gasteiger partial charge < -0.3 is 25.0 Å². The lowest BCUT2D eigenvalue weighted by Crippen LogP contribution is -2.40. The van der Waals surface area contributed by atoms with Crippen LogP contribution in [0, 0.1) is 0 Å². The molecular weight excluding hydrogens is 495 g/mol. The molecule has 2 N–H and O–H groups in total. The molecule has 0 unspecified atom stereocenters. The number of nitrogens with one attached hydrogen (secondary N) is 2. The van der Waals surface area contributed by atoms with Crippen molar-refractivity contribution >= 4 is 35.8 Å². The second-order valence-electron chi connectivity index (χ2n) is 6.60. The van der Waals surface area contributed by atoms with Crippen molar-refractivity contribution in [2.75, 3.05) is 47.9 Å². The minimum absolute atomic E-state index is 0. The van der Waals surface area contributed by atoms with Crippen molar-refractivity contribution in [3.05, 3.63) is 59.7 Å². The molecule has 0 aliphatic carbocycles. The van der Waals surface area contributed by atoms with Crippen LogP contribution in [-0.2, 0) is 6.42 Å². The molecule has 0 spiro atoms. The van der Waals surface area contributed by atoms with E-state index >= 15 is 0 Å². The van der Waals surface area contributed by atoms with E-state index in [0.29, 0.717) is 31.2 Å². The van der Waals surface area contributed by atoms with Crippen LogP contribution in [0.25, 0.3) is 0 Å². The Kier molecular flexibility index (Phi) is 11.7. The van der Waals surface area contributed by atoms with E-state index in [1.54, 1.807) is 33.2 Å². The molecular formula is C22H31IN4O3. The summed E-state index contributed by atoms with van der Waals surface area (Å²) in [6.45, 7) is 1.85. The van der Waals surface area contributed by atoms with Crippen LogP contribution in [0.4, 0.5) is 0 Å². The number of benzene rings is 2. The van der Waals surface area contributed by atoms with E-state index in [9.17, 15) is 4.79 Å². The number of ether oxygens (including phenoxy) is 2. The molecule has 2 rings (SSSR count). The highest BCUT2D eigenvalue weighted by atomic mass is 127. The highest BCUT2D eigenvalue weighted by Gasteiger charge is 2.08. The first-order valence-electron chi connectivity index (χ1n) is 9.55. The van der Waals surface area contributed by atoms with Crippen LogP contribution in [0.3, 0.4) is 0 Å². The number of rotatable bonds is 9. The van der Waals surface area contributed by atoms with E-state index in [1.807, 2.05) is 48.5 Å². The van der Waals surface area contributed by atoms with Crippen molar-refractivity contribution in [1.82, 2.24) is 15.5 Å². The van der Waals surface area contributed by atoms with E-state index in [1.165, 1.54) is 0 Å². The quantitative estimate of drug-likeness (QED) is 0.228. The van der Waals surface area contributed by atoms with E-state index in [-0.39, 0.29) is 29.9 Å². The van der Waals surface area contributed by atoms with Crippen LogP contribution in [0.2, 0.25) is 0 Å². The fraction of sp³-hybridized carbons (Fsp3) is 0.364. The molecule has 30 heavy (non-hydrogen) atoms. The lowest BCUT2D eigenvalue weighted by molar-refractivity contribution is 0.0827. The maximum atomic E-state index is 12.1. The van der Waals surface area contributed by atoms with Crippen molar-refractivity contribution in [2.45, 2.75) is 6.42 Å². The number of nitrogens with zero attached hydrogens (tertiary/aromatic N) is 2. The summed E-state index contributed by atoms with van der Waals surface area (Å²) in [5, 5.41) is 6.50. The van der Waals surface area contributed by atoms with Gasteiger partial charge in [-0.05, 0) is 48.4 Å². The van der Waals surface area contributed by atoms with E-state index in [2.05, 4.69) is 15.6 Å². The second kappa shape index (κ2) is 13.7. The van der Waals surface area contributed by atoms with Crippen LogP contribution < -0.4 is 20.1 Å². The number of methoxy groups -OCH3 is 1. The van der Waals surface area contributed by atoms with Gasteiger partial charge in [-0.2, -0.15) is 0 Å². The summed E-state index contributed by atoms with van der Waals surface area (Å²) in [5.41, 5.74) is 1.80. The van der Waals surface area contributed by atoms with Gasteiger partial charge >= 0.3 is 0 Å². The Balaban J connectivity index is 0.00000450. The number of carbonyl (C=O) groups is 1. The maximum Gasteiger partial charge on any atom is 0.253 e. The summed E-state index contributed by atoms with van der Waals surface area (Å²) in [7, 11) is 6.88. The molecule has 0 aliphatic rings. The van der Waals surface area contributed by atoms with Crippen LogP contribution >= 0.6 is 24.0 Å². The van der Waals surface area contributed by atoms with Gasteiger partial charge in [-0.15, -0.1) is 24.0 Å². The average Bonchev–Trinajstić information content (AvgIpc) is 2.75.